The molecule has 2 N–H and O–H groups in total. The molecule has 0 atom stereocenters. The van der Waals surface area contributed by atoms with Gasteiger partial charge in [0.2, 0.25) is 10.3 Å². The summed E-state index contributed by atoms with van der Waals surface area (Å²) in [7, 11) is 0. The highest BCUT2D eigenvalue weighted by atomic mass is 32.1. The van der Waals surface area contributed by atoms with Crippen molar-refractivity contribution in [2.24, 2.45) is 5.10 Å². The first-order valence-electron chi connectivity index (χ1n) is 6.81. The van der Waals surface area contributed by atoms with E-state index in [0.717, 1.165) is 21.9 Å². The Morgan fingerprint density at radius 1 is 0.955 bits per heavy atom. The lowest BCUT2D eigenvalue weighted by molar-refractivity contribution is 1.08. The third-order valence-electron chi connectivity index (χ3n) is 2.99. The van der Waals surface area contributed by atoms with Crippen molar-refractivity contribution in [1.29, 1.82) is 0 Å². The number of benzene rings is 2. The Balaban J connectivity index is 1.62. The minimum Gasteiger partial charge on any atom is -0.330 e. The van der Waals surface area contributed by atoms with Gasteiger partial charge in [0.25, 0.3) is 0 Å². The van der Waals surface area contributed by atoms with Crippen LogP contribution >= 0.6 is 11.3 Å². The summed E-state index contributed by atoms with van der Waals surface area (Å²) in [6.07, 6.45) is 1.75. The van der Waals surface area contributed by atoms with Gasteiger partial charge in [-0.15, -0.1) is 10.2 Å². The van der Waals surface area contributed by atoms with Crippen molar-refractivity contribution in [2.75, 3.05) is 10.7 Å². The van der Waals surface area contributed by atoms with Crippen LogP contribution in [0.1, 0.15) is 11.1 Å². The van der Waals surface area contributed by atoms with Crippen molar-refractivity contribution < 1.29 is 0 Å². The molecule has 0 spiro atoms. The van der Waals surface area contributed by atoms with Crippen LogP contribution in [-0.2, 0) is 0 Å². The maximum absolute atomic E-state index is 4.15. The maximum atomic E-state index is 4.15. The van der Waals surface area contributed by atoms with E-state index in [1.54, 1.807) is 6.21 Å². The average Bonchev–Trinajstić information content (AvgIpc) is 2.98. The van der Waals surface area contributed by atoms with Gasteiger partial charge in [0, 0.05) is 5.69 Å². The second-order valence-electron chi connectivity index (χ2n) is 4.63. The fraction of sp³-hybridized carbons (Fsp3) is 0.0625. The Hall–Kier alpha value is -2.73. The highest BCUT2D eigenvalue weighted by molar-refractivity contribution is 7.19. The molecule has 0 fully saturated rings. The lowest BCUT2D eigenvalue weighted by Crippen LogP contribution is -1.91. The lowest BCUT2D eigenvalue weighted by atomic mass is 10.2. The van der Waals surface area contributed by atoms with E-state index in [-0.39, 0.29) is 0 Å². The zero-order chi connectivity index (χ0) is 15.2. The van der Waals surface area contributed by atoms with E-state index in [9.17, 15) is 0 Å². The molecule has 0 bridgehead atoms. The summed E-state index contributed by atoms with van der Waals surface area (Å²) in [6.45, 7) is 2.05. The quantitative estimate of drug-likeness (QED) is 0.551. The minimum absolute atomic E-state index is 0.642. The van der Waals surface area contributed by atoms with Crippen LogP contribution in [-0.4, -0.2) is 16.4 Å². The van der Waals surface area contributed by atoms with E-state index >= 15 is 0 Å². The van der Waals surface area contributed by atoms with E-state index in [1.165, 1.54) is 11.3 Å². The Morgan fingerprint density at radius 2 is 1.68 bits per heavy atom. The molecule has 110 valence electrons. The summed E-state index contributed by atoms with van der Waals surface area (Å²) >= 11 is 1.41. The Kier molecular flexibility index (Phi) is 4.41. The summed E-state index contributed by atoms with van der Waals surface area (Å²) < 4.78 is 0. The fourth-order valence-electron chi connectivity index (χ4n) is 1.85. The zero-order valence-corrected chi connectivity index (χ0v) is 12.8. The van der Waals surface area contributed by atoms with Gasteiger partial charge in [0.15, 0.2) is 0 Å². The smallest absolute Gasteiger partial charge is 0.227 e. The third kappa shape index (κ3) is 3.67. The molecular formula is C16H15N5S. The average molecular weight is 309 g/mol. The molecule has 5 nitrogen and oxygen atoms in total. The maximum Gasteiger partial charge on any atom is 0.227 e. The number of nitrogens with zero attached hydrogens (tertiary/aromatic N) is 3. The second-order valence-corrected chi connectivity index (χ2v) is 5.61. The number of aromatic nitrogens is 2. The predicted molar refractivity (Wildman–Crippen MR) is 92.0 cm³/mol. The summed E-state index contributed by atoms with van der Waals surface area (Å²) in [5.74, 6) is 0. The van der Waals surface area contributed by atoms with E-state index in [4.69, 9.17) is 0 Å². The summed E-state index contributed by atoms with van der Waals surface area (Å²) in [6, 6.07) is 17.9. The van der Waals surface area contributed by atoms with E-state index in [2.05, 4.69) is 26.0 Å². The largest absolute Gasteiger partial charge is 0.330 e. The number of aryl methyl sites for hydroxylation is 1. The number of anilines is 3. The molecule has 0 amide bonds. The standard InChI is InChI=1S/C16H15N5S/c1-12-7-5-6-10-14(12)18-15-20-21-16(22-15)19-17-11-13-8-3-2-4-9-13/h2-11H,1H3,(H,18,20)(H,19,21)/b17-11+. The molecule has 3 aromatic rings. The SMILES string of the molecule is Cc1ccccc1Nc1nnc(N/N=C/c2ccccc2)s1. The van der Waals surface area contributed by atoms with Crippen LogP contribution in [0.4, 0.5) is 16.0 Å². The van der Waals surface area contributed by atoms with E-state index in [1.807, 2.05) is 61.5 Å². The number of hydrazone groups is 1. The van der Waals surface area contributed by atoms with Crippen LogP contribution in [0.2, 0.25) is 0 Å². The van der Waals surface area contributed by atoms with Gasteiger partial charge >= 0.3 is 0 Å². The molecule has 0 unspecified atom stereocenters. The molecule has 1 aromatic heterocycles. The van der Waals surface area contributed by atoms with Gasteiger partial charge in [0.1, 0.15) is 0 Å². The monoisotopic (exact) mass is 309 g/mol. The van der Waals surface area contributed by atoms with Crippen LogP contribution < -0.4 is 10.7 Å². The molecule has 0 radical (unpaired) electrons. The third-order valence-corrected chi connectivity index (χ3v) is 3.73. The van der Waals surface area contributed by atoms with Crippen LogP contribution in [0, 0.1) is 6.92 Å². The molecule has 0 aliphatic rings. The van der Waals surface area contributed by atoms with Crippen molar-refractivity contribution in [3.8, 4) is 0 Å². The van der Waals surface area contributed by atoms with E-state index < -0.39 is 0 Å². The first-order valence-corrected chi connectivity index (χ1v) is 7.63. The number of para-hydroxylation sites is 1. The molecule has 1 heterocycles. The molecule has 0 saturated heterocycles. The van der Waals surface area contributed by atoms with Gasteiger partial charge in [-0.05, 0) is 24.1 Å². The summed E-state index contributed by atoms with van der Waals surface area (Å²) in [5.41, 5.74) is 6.10. The van der Waals surface area contributed by atoms with E-state index in [0.29, 0.717) is 5.13 Å². The highest BCUT2D eigenvalue weighted by Gasteiger charge is 2.04. The molecule has 6 heteroatoms. The Bertz CT molecular complexity index is 767. The van der Waals surface area contributed by atoms with Gasteiger partial charge in [0.05, 0.1) is 6.21 Å². The van der Waals surface area contributed by atoms with Crippen molar-refractivity contribution >= 4 is 33.5 Å². The summed E-state index contributed by atoms with van der Waals surface area (Å²) in [5, 5.41) is 16.9. The van der Waals surface area contributed by atoms with Crippen molar-refractivity contribution in [3.05, 3.63) is 65.7 Å². The molecule has 2 aromatic carbocycles. The Morgan fingerprint density at radius 3 is 2.50 bits per heavy atom. The van der Waals surface area contributed by atoms with Crippen LogP contribution in [0.3, 0.4) is 0 Å². The number of hydrogen-bond donors (Lipinski definition) is 2. The zero-order valence-electron chi connectivity index (χ0n) is 12.0. The molecular weight excluding hydrogens is 294 g/mol. The highest BCUT2D eigenvalue weighted by Crippen LogP contribution is 2.25. The first-order chi connectivity index (χ1) is 10.8. The molecule has 0 aliphatic heterocycles. The first kappa shape index (κ1) is 14.2. The van der Waals surface area contributed by atoms with Crippen LogP contribution in [0.15, 0.2) is 59.7 Å². The van der Waals surface area contributed by atoms with Crippen molar-refractivity contribution in [3.63, 3.8) is 0 Å². The minimum atomic E-state index is 0.642. The summed E-state index contributed by atoms with van der Waals surface area (Å²) in [4.78, 5) is 0. The van der Waals surface area contributed by atoms with Gasteiger partial charge < -0.3 is 5.32 Å². The second kappa shape index (κ2) is 6.82. The number of nitrogens with one attached hydrogen (secondary N) is 2. The van der Waals surface area contributed by atoms with Gasteiger partial charge in [-0.2, -0.15) is 5.10 Å². The van der Waals surface area contributed by atoms with Crippen LogP contribution in [0.5, 0.6) is 0 Å². The molecule has 3 rings (SSSR count). The van der Waals surface area contributed by atoms with Crippen LogP contribution in [0.25, 0.3) is 0 Å². The topological polar surface area (TPSA) is 62.2 Å². The van der Waals surface area contributed by atoms with Crippen molar-refractivity contribution in [1.82, 2.24) is 10.2 Å². The van der Waals surface area contributed by atoms with Gasteiger partial charge in [-0.1, -0.05) is 59.9 Å². The molecule has 22 heavy (non-hydrogen) atoms. The van der Waals surface area contributed by atoms with Gasteiger partial charge in [-0.25, -0.2) is 0 Å². The predicted octanol–water partition coefficient (Wildman–Crippen LogP) is 4.04. The normalized spacial score (nSPS) is 10.8. The van der Waals surface area contributed by atoms with Gasteiger partial charge in [-0.3, -0.25) is 5.43 Å². The van der Waals surface area contributed by atoms with Crippen molar-refractivity contribution in [2.45, 2.75) is 6.92 Å². The lowest BCUT2D eigenvalue weighted by Gasteiger charge is -2.04. The molecule has 0 saturated carbocycles. The Labute approximate surface area is 132 Å². The molecule has 0 aliphatic carbocycles. The number of rotatable bonds is 5. The number of hydrogen-bond acceptors (Lipinski definition) is 6. The fourth-order valence-corrected chi connectivity index (χ4v) is 2.45.